The van der Waals surface area contributed by atoms with Crippen LogP contribution >= 0.6 is 0 Å². The molecule has 1 atom stereocenters. The van der Waals surface area contributed by atoms with Crippen LogP contribution in [-0.4, -0.2) is 22.6 Å². The van der Waals surface area contributed by atoms with Gasteiger partial charge in [0.1, 0.15) is 0 Å². The molecule has 0 aliphatic rings. The second-order valence-corrected chi connectivity index (χ2v) is 4.64. The Morgan fingerprint density at radius 2 is 2.24 bits per heavy atom. The second-order valence-electron chi connectivity index (χ2n) is 4.64. The molecule has 94 valence electrons. The number of aryl methyl sites for hydroxylation is 1. The zero-order valence-electron chi connectivity index (χ0n) is 10.4. The summed E-state index contributed by atoms with van der Waals surface area (Å²) in [5.74, 6) is -0.806. The number of carbonyl (C=O) groups is 1. The summed E-state index contributed by atoms with van der Waals surface area (Å²) in [6.45, 7) is 3.96. The van der Waals surface area contributed by atoms with Crippen molar-refractivity contribution in [2.75, 3.05) is 6.54 Å². The summed E-state index contributed by atoms with van der Waals surface area (Å²) in [7, 11) is 0. The molecule has 0 saturated heterocycles. The number of hydrogen-bond donors (Lipinski definition) is 2. The number of aliphatic carboxylic acids is 1. The molecule has 0 fully saturated rings. The summed E-state index contributed by atoms with van der Waals surface area (Å²) in [6.07, 6.45) is 2.88. The first-order chi connectivity index (χ1) is 8.03. The summed E-state index contributed by atoms with van der Waals surface area (Å²) in [5.41, 5.74) is 5.73. The highest BCUT2D eigenvalue weighted by Gasteiger charge is 2.39. The van der Waals surface area contributed by atoms with E-state index in [2.05, 4.69) is 4.98 Å². The maximum absolute atomic E-state index is 11.4. The van der Waals surface area contributed by atoms with Crippen molar-refractivity contribution in [1.82, 2.24) is 4.98 Å². The Morgan fingerprint density at radius 3 is 2.65 bits per heavy atom. The van der Waals surface area contributed by atoms with Crippen molar-refractivity contribution >= 4 is 5.97 Å². The van der Waals surface area contributed by atoms with E-state index in [9.17, 15) is 9.90 Å². The average molecular weight is 236 g/mol. The molecule has 0 spiro atoms. The van der Waals surface area contributed by atoms with Crippen LogP contribution in [0.4, 0.5) is 0 Å². The number of nitrogens with two attached hydrogens (primary N) is 1. The summed E-state index contributed by atoms with van der Waals surface area (Å²) < 4.78 is 0. The van der Waals surface area contributed by atoms with Gasteiger partial charge in [-0.3, -0.25) is 9.78 Å². The Morgan fingerprint density at radius 1 is 1.53 bits per heavy atom. The van der Waals surface area contributed by atoms with Crippen molar-refractivity contribution in [3.05, 3.63) is 30.1 Å². The molecule has 0 bridgehead atoms. The lowest BCUT2D eigenvalue weighted by atomic mass is 9.73. The van der Waals surface area contributed by atoms with Crippen molar-refractivity contribution in [3.8, 4) is 0 Å². The Balaban J connectivity index is 2.78. The van der Waals surface area contributed by atoms with Crippen LogP contribution in [-0.2, 0) is 11.2 Å². The third-order valence-corrected chi connectivity index (χ3v) is 3.45. The third-order valence-electron chi connectivity index (χ3n) is 3.45. The van der Waals surface area contributed by atoms with E-state index in [0.29, 0.717) is 12.8 Å². The van der Waals surface area contributed by atoms with Crippen molar-refractivity contribution < 1.29 is 9.90 Å². The first kappa shape index (κ1) is 13.6. The van der Waals surface area contributed by atoms with Gasteiger partial charge < -0.3 is 10.8 Å². The molecule has 3 N–H and O–H groups in total. The number of hydrogen-bond acceptors (Lipinski definition) is 3. The smallest absolute Gasteiger partial charge is 0.311 e. The molecular formula is C13H20N2O2. The highest BCUT2D eigenvalue weighted by atomic mass is 16.4. The van der Waals surface area contributed by atoms with Gasteiger partial charge in [0.05, 0.1) is 5.41 Å². The standard InChI is InChI=1S/C13H20N2O2/c1-10(2)13(9-14,12(16)17)7-6-11-5-3-4-8-15-11/h3-5,8,10H,6-7,9,14H2,1-2H3,(H,16,17). The maximum atomic E-state index is 11.4. The van der Waals surface area contributed by atoms with E-state index in [1.54, 1.807) is 6.20 Å². The minimum Gasteiger partial charge on any atom is -0.481 e. The topological polar surface area (TPSA) is 76.2 Å². The summed E-state index contributed by atoms with van der Waals surface area (Å²) in [6, 6.07) is 5.66. The molecule has 0 saturated carbocycles. The quantitative estimate of drug-likeness (QED) is 0.788. The Bertz CT molecular complexity index is 365. The van der Waals surface area contributed by atoms with E-state index >= 15 is 0 Å². The molecule has 0 aliphatic carbocycles. The molecule has 0 aromatic carbocycles. The monoisotopic (exact) mass is 236 g/mol. The summed E-state index contributed by atoms with van der Waals surface area (Å²) >= 11 is 0. The van der Waals surface area contributed by atoms with Crippen LogP contribution in [0.15, 0.2) is 24.4 Å². The molecule has 0 radical (unpaired) electrons. The van der Waals surface area contributed by atoms with Gasteiger partial charge in [0.15, 0.2) is 0 Å². The maximum Gasteiger partial charge on any atom is 0.311 e. The van der Waals surface area contributed by atoms with Gasteiger partial charge in [-0.15, -0.1) is 0 Å². The molecule has 0 amide bonds. The van der Waals surface area contributed by atoms with Crippen LogP contribution in [0.2, 0.25) is 0 Å². The lowest BCUT2D eigenvalue weighted by molar-refractivity contribution is -0.151. The Kier molecular flexibility index (Phi) is 4.63. The molecule has 1 unspecified atom stereocenters. The van der Waals surface area contributed by atoms with Crippen molar-refractivity contribution in [1.29, 1.82) is 0 Å². The first-order valence-electron chi connectivity index (χ1n) is 5.86. The number of pyridine rings is 1. The number of aromatic nitrogens is 1. The van der Waals surface area contributed by atoms with E-state index < -0.39 is 11.4 Å². The van der Waals surface area contributed by atoms with E-state index in [4.69, 9.17) is 5.73 Å². The average Bonchev–Trinajstić information content (AvgIpc) is 2.31. The van der Waals surface area contributed by atoms with Gasteiger partial charge in [-0.1, -0.05) is 19.9 Å². The zero-order chi connectivity index (χ0) is 12.9. The molecular weight excluding hydrogens is 216 g/mol. The number of carboxylic acid groups (broad SMARTS) is 1. The van der Waals surface area contributed by atoms with Crippen LogP contribution in [0, 0.1) is 11.3 Å². The fourth-order valence-electron chi connectivity index (χ4n) is 1.96. The van der Waals surface area contributed by atoms with E-state index in [1.165, 1.54) is 0 Å². The minimum atomic E-state index is -0.850. The van der Waals surface area contributed by atoms with Crippen LogP contribution < -0.4 is 5.73 Å². The minimum absolute atomic E-state index is 0.00807. The SMILES string of the molecule is CC(C)C(CN)(CCc1ccccn1)C(=O)O. The highest BCUT2D eigenvalue weighted by molar-refractivity contribution is 5.75. The van der Waals surface area contributed by atoms with Crippen LogP contribution in [0.3, 0.4) is 0 Å². The molecule has 1 rings (SSSR count). The van der Waals surface area contributed by atoms with Gasteiger partial charge in [0.2, 0.25) is 0 Å². The van der Waals surface area contributed by atoms with Gasteiger partial charge >= 0.3 is 5.97 Å². The molecule has 1 aromatic heterocycles. The zero-order valence-corrected chi connectivity index (χ0v) is 10.4. The number of rotatable bonds is 6. The van der Waals surface area contributed by atoms with Gasteiger partial charge in [-0.05, 0) is 30.9 Å². The predicted octanol–water partition coefficient (Wildman–Crippen LogP) is 1.70. The van der Waals surface area contributed by atoms with E-state index in [-0.39, 0.29) is 12.5 Å². The van der Waals surface area contributed by atoms with Gasteiger partial charge in [-0.2, -0.15) is 0 Å². The number of nitrogens with zero attached hydrogens (tertiary/aromatic N) is 1. The summed E-state index contributed by atoms with van der Waals surface area (Å²) in [5, 5.41) is 9.37. The van der Waals surface area contributed by atoms with Gasteiger partial charge in [0, 0.05) is 18.4 Å². The van der Waals surface area contributed by atoms with Crippen molar-refractivity contribution in [2.45, 2.75) is 26.7 Å². The fraction of sp³-hybridized carbons (Fsp3) is 0.538. The fourth-order valence-corrected chi connectivity index (χ4v) is 1.96. The van der Waals surface area contributed by atoms with E-state index in [0.717, 1.165) is 5.69 Å². The normalized spacial score (nSPS) is 14.6. The molecule has 17 heavy (non-hydrogen) atoms. The van der Waals surface area contributed by atoms with Crippen LogP contribution in [0.1, 0.15) is 26.0 Å². The molecule has 4 heteroatoms. The molecule has 0 aliphatic heterocycles. The predicted molar refractivity (Wildman–Crippen MR) is 66.5 cm³/mol. The third kappa shape index (κ3) is 3.03. The Labute approximate surface area is 102 Å². The highest BCUT2D eigenvalue weighted by Crippen LogP contribution is 2.32. The largest absolute Gasteiger partial charge is 0.481 e. The van der Waals surface area contributed by atoms with Crippen LogP contribution in [0.5, 0.6) is 0 Å². The lowest BCUT2D eigenvalue weighted by Gasteiger charge is -2.31. The van der Waals surface area contributed by atoms with Gasteiger partial charge in [-0.25, -0.2) is 0 Å². The van der Waals surface area contributed by atoms with Crippen LogP contribution in [0.25, 0.3) is 0 Å². The first-order valence-corrected chi connectivity index (χ1v) is 5.86. The van der Waals surface area contributed by atoms with E-state index in [1.807, 2.05) is 32.0 Å². The second kappa shape index (κ2) is 5.77. The van der Waals surface area contributed by atoms with Crippen molar-refractivity contribution in [3.63, 3.8) is 0 Å². The van der Waals surface area contributed by atoms with Crippen molar-refractivity contribution in [2.24, 2.45) is 17.1 Å². The van der Waals surface area contributed by atoms with Gasteiger partial charge in [0.25, 0.3) is 0 Å². The molecule has 1 aromatic rings. The Hall–Kier alpha value is -1.42. The summed E-state index contributed by atoms with van der Waals surface area (Å²) in [4.78, 5) is 15.6. The molecule has 4 nitrogen and oxygen atoms in total. The lowest BCUT2D eigenvalue weighted by Crippen LogP contribution is -2.43. The number of carboxylic acids is 1. The molecule has 1 heterocycles.